The zero-order valence-electron chi connectivity index (χ0n) is 17.4. The number of amides is 1. The minimum absolute atomic E-state index is 0.0174. The molecule has 30 heavy (non-hydrogen) atoms. The topological polar surface area (TPSA) is 54.0 Å². The number of hydrogen-bond acceptors (Lipinski definition) is 4. The number of halogens is 1. The maximum Gasteiger partial charge on any atom is 0.252 e. The van der Waals surface area contributed by atoms with Crippen LogP contribution in [0.2, 0.25) is 5.02 Å². The largest absolute Gasteiger partial charge is 0.352 e. The molecule has 2 N–H and O–H groups in total. The van der Waals surface area contributed by atoms with Gasteiger partial charge in [-0.15, -0.1) is 11.8 Å². The number of pyridine rings is 1. The molecule has 2 heterocycles. The molecule has 0 unspecified atom stereocenters. The third-order valence-corrected chi connectivity index (χ3v) is 7.78. The van der Waals surface area contributed by atoms with Crippen LogP contribution in [0.25, 0.3) is 0 Å². The first-order chi connectivity index (χ1) is 14.7. The number of aromatic nitrogens is 1. The van der Waals surface area contributed by atoms with Crippen molar-refractivity contribution in [2.45, 2.75) is 55.6 Å². The fraction of sp³-hybridized carbons (Fsp3) is 0.500. The van der Waals surface area contributed by atoms with Gasteiger partial charge in [0.1, 0.15) is 0 Å². The molecule has 0 radical (unpaired) electrons. The van der Waals surface area contributed by atoms with Crippen LogP contribution in [-0.2, 0) is 18.6 Å². The molecule has 1 amide bonds. The molecule has 1 aliphatic heterocycles. The highest BCUT2D eigenvalue weighted by molar-refractivity contribution is 7.98. The lowest BCUT2D eigenvalue weighted by molar-refractivity contribution is 0.0943. The lowest BCUT2D eigenvalue weighted by Gasteiger charge is -2.21. The molecule has 1 saturated carbocycles. The van der Waals surface area contributed by atoms with Crippen molar-refractivity contribution in [1.82, 2.24) is 15.6 Å². The summed E-state index contributed by atoms with van der Waals surface area (Å²) in [5.41, 5.74) is 4.36. The number of fused-ring (bicyclic) bond motifs is 1. The Kier molecular flexibility index (Phi) is 7.69. The number of benzene rings is 1. The first kappa shape index (κ1) is 21.7. The highest BCUT2D eigenvalue weighted by Gasteiger charge is 2.17. The zero-order chi connectivity index (χ0) is 20.8. The Labute approximate surface area is 188 Å². The minimum atomic E-state index is -0.0174. The third kappa shape index (κ3) is 5.57. The molecule has 2 aliphatic rings. The Morgan fingerprint density at radius 3 is 2.77 bits per heavy atom. The molecule has 2 aromatic rings. The van der Waals surface area contributed by atoms with E-state index in [4.69, 9.17) is 11.6 Å². The van der Waals surface area contributed by atoms with Crippen LogP contribution < -0.4 is 10.6 Å². The quantitative estimate of drug-likeness (QED) is 0.615. The van der Waals surface area contributed by atoms with Crippen molar-refractivity contribution in [3.8, 4) is 0 Å². The molecule has 1 aliphatic carbocycles. The summed E-state index contributed by atoms with van der Waals surface area (Å²) in [5, 5.41) is 7.36. The summed E-state index contributed by atoms with van der Waals surface area (Å²) in [6.45, 7) is 2.79. The van der Waals surface area contributed by atoms with Gasteiger partial charge in [-0.05, 0) is 74.0 Å². The summed E-state index contributed by atoms with van der Waals surface area (Å²) in [5.74, 6) is 1.36. The number of carbonyl (C=O) groups excluding carboxylic acids is 1. The molecule has 0 saturated heterocycles. The Morgan fingerprint density at radius 1 is 1.13 bits per heavy atom. The van der Waals surface area contributed by atoms with Crippen molar-refractivity contribution >= 4 is 29.3 Å². The summed E-state index contributed by atoms with van der Waals surface area (Å²) in [6, 6.07) is 8.02. The number of nitrogens with zero attached hydrogens (tertiary/aromatic N) is 1. The van der Waals surface area contributed by atoms with E-state index in [0.717, 1.165) is 48.9 Å². The van der Waals surface area contributed by atoms with E-state index in [9.17, 15) is 4.79 Å². The predicted molar refractivity (Wildman–Crippen MR) is 124 cm³/mol. The second kappa shape index (κ2) is 10.7. The first-order valence-electron chi connectivity index (χ1n) is 11.1. The predicted octanol–water partition coefficient (Wildman–Crippen LogP) is 5.03. The van der Waals surface area contributed by atoms with Crippen LogP contribution in [0.5, 0.6) is 0 Å². The average molecular weight is 444 g/mol. The summed E-state index contributed by atoms with van der Waals surface area (Å²) >= 11 is 8.28. The van der Waals surface area contributed by atoms with Crippen LogP contribution in [-0.4, -0.2) is 30.5 Å². The third-order valence-electron chi connectivity index (χ3n) is 6.16. The SMILES string of the molecule is O=C(NCC1CCCCC1)c1ccc(CSc2c(Cl)ccc3c2CCNCC3)nc1. The van der Waals surface area contributed by atoms with Crippen molar-refractivity contribution in [2.24, 2.45) is 5.92 Å². The van der Waals surface area contributed by atoms with Crippen LogP contribution in [0.15, 0.2) is 35.4 Å². The van der Waals surface area contributed by atoms with Gasteiger partial charge in [0.05, 0.1) is 16.3 Å². The van der Waals surface area contributed by atoms with Crippen LogP contribution in [0.3, 0.4) is 0 Å². The van der Waals surface area contributed by atoms with Gasteiger partial charge in [0.2, 0.25) is 0 Å². The molecule has 1 aromatic heterocycles. The highest BCUT2D eigenvalue weighted by Crippen LogP contribution is 2.35. The summed E-state index contributed by atoms with van der Waals surface area (Å²) < 4.78 is 0. The van der Waals surface area contributed by atoms with Crippen LogP contribution in [0, 0.1) is 5.92 Å². The summed E-state index contributed by atoms with van der Waals surface area (Å²) in [4.78, 5) is 18.1. The monoisotopic (exact) mass is 443 g/mol. The van der Waals surface area contributed by atoms with Gasteiger partial charge >= 0.3 is 0 Å². The molecule has 6 heteroatoms. The molecule has 1 fully saturated rings. The number of carbonyl (C=O) groups is 1. The molecular weight excluding hydrogens is 414 g/mol. The minimum Gasteiger partial charge on any atom is -0.352 e. The number of nitrogens with one attached hydrogen (secondary N) is 2. The van der Waals surface area contributed by atoms with E-state index in [1.165, 1.54) is 48.1 Å². The van der Waals surface area contributed by atoms with Gasteiger partial charge in [0.15, 0.2) is 0 Å². The van der Waals surface area contributed by atoms with E-state index in [1.54, 1.807) is 18.0 Å². The standard InChI is InChI=1S/C24H30ClN3OS/c25-22-9-7-18-10-12-26-13-11-21(18)23(22)30-16-20-8-6-19(15-27-20)24(29)28-14-17-4-2-1-3-5-17/h6-9,15,17,26H,1-5,10-14,16H2,(H,28,29). The average Bonchev–Trinajstić information content (AvgIpc) is 3.03. The molecule has 0 bridgehead atoms. The van der Waals surface area contributed by atoms with Crippen molar-refractivity contribution in [3.63, 3.8) is 0 Å². The van der Waals surface area contributed by atoms with E-state index in [2.05, 4.69) is 21.7 Å². The van der Waals surface area contributed by atoms with Crippen molar-refractivity contribution in [1.29, 1.82) is 0 Å². The molecule has 0 spiro atoms. The molecule has 4 rings (SSSR count). The van der Waals surface area contributed by atoms with Gasteiger partial charge in [-0.3, -0.25) is 9.78 Å². The lowest BCUT2D eigenvalue weighted by atomic mass is 9.89. The molecule has 4 nitrogen and oxygen atoms in total. The molecule has 0 atom stereocenters. The van der Waals surface area contributed by atoms with Gasteiger partial charge in [-0.2, -0.15) is 0 Å². The Morgan fingerprint density at radius 2 is 1.97 bits per heavy atom. The van der Waals surface area contributed by atoms with Gasteiger partial charge in [0.25, 0.3) is 5.91 Å². The second-order valence-corrected chi connectivity index (χ2v) is 9.70. The number of rotatable bonds is 6. The zero-order valence-corrected chi connectivity index (χ0v) is 19.0. The van der Waals surface area contributed by atoms with Gasteiger partial charge < -0.3 is 10.6 Å². The van der Waals surface area contributed by atoms with Crippen LogP contribution >= 0.6 is 23.4 Å². The summed E-state index contributed by atoms with van der Waals surface area (Å²) in [6.07, 6.45) is 10.1. The molecular formula is C24H30ClN3OS. The number of hydrogen-bond donors (Lipinski definition) is 2. The second-order valence-electron chi connectivity index (χ2n) is 8.31. The Bertz CT molecular complexity index is 865. The maximum absolute atomic E-state index is 12.4. The maximum atomic E-state index is 12.4. The van der Waals surface area contributed by atoms with Gasteiger partial charge in [-0.25, -0.2) is 0 Å². The molecule has 160 valence electrons. The van der Waals surface area contributed by atoms with Crippen molar-refractivity contribution < 1.29 is 4.79 Å². The summed E-state index contributed by atoms with van der Waals surface area (Å²) in [7, 11) is 0. The molecule has 1 aromatic carbocycles. The van der Waals surface area contributed by atoms with E-state index >= 15 is 0 Å². The fourth-order valence-corrected chi connectivity index (χ4v) is 5.80. The highest BCUT2D eigenvalue weighted by atomic mass is 35.5. The fourth-order valence-electron chi connectivity index (χ4n) is 4.39. The van der Waals surface area contributed by atoms with E-state index < -0.39 is 0 Å². The smallest absolute Gasteiger partial charge is 0.252 e. The number of thioether (sulfide) groups is 1. The normalized spacial score (nSPS) is 17.2. The van der Waals surface area contributed by atoms with E-state index in [1.807, 2.05) is 18.2 Å². The van der Waals surface area contributed by atoms with E-state index in [-0.39, 0.29) is 5.91 Å². The Hall–Kier alpha value is -1.56. The van der Waals surface area contributed by atoms with E-state index in [0.29, 0.717) is 11.5 Å². The van der Waals surface area contributed by atoms with Gasteiger partial charge in [0, 0.05) is 23.4 Å². The first-order valence-corrected chi connectivity index (χ1v) is 12.4. The lowest BCUT2D eigenvalue weighted by Crippen LogP contribution is -2.30. The van der Waals surface area contributed by atoms with Crippen LogP contribution in [0.1, 0.15) is 59.3 Å². The van der Waals surface area contributed by atoms with Crippen molar-refractivity contribution in [2.75, 3.05) is 19.6 Å². The van der Waals surface area contributed by atoms with Gasteiger partial charge in [-0.1, -0.05) is 36.9 Å². The van der Waals surface area contributed by atoms with Crippen LogP contribution in [0.4, 0.5) is 0 Å². The Balaban J connectivity index is 1.34. The van der Waals surface area contributed by atoms with Crippen molar-refractivity contribution in [3.05, 3.63) is 57.9 Å².